The van der Waals surface area contributed by atoms with E-state index in [0.717, 1.165) is 6.07 Å². The molecule has 2 amide bonds. The Hall–Kier alpha value is -1.82. The van der Waals surface area contributed by atoms with E-state index in [1.54, 1.807) is 0 Å². The third-order valence-corrected chi connectivity index (χ3v) is 2.37. The number of nitrogens with zero attached hydrogens (tertiary/aromatic N) is 1. The van der Waals surface area contributed by atoms with E-state index in [-0.39, 0.29) is 10.7 Å². The van der Waals surface area contributed by atoms with E-state index in [4.69, 9.17) is 22.7 Å². The van der Waals surface area contributed by atoms with Gasteiger partial charge < -0.3 is 5.73 Å². The molecule has 0 bridgehead atoms. The van der Waals surface area contributed by atoms with Gasteiger partial charge in [0.25, 0.3) is 0 Å². The molecule has 0 aliphatic heterocycles. The lowest BCUT2D eigenvalue weighted by molar-refractivity contribution is 0.250. The molecule has 0 radical (unpaired) electrons. The number of guanidine groups is 1. The normalized spacial score (nSPS) is 9.94. The zero-order chi connectivity index (χ0) is 13.7. The van der Waals surface area contributed by atoms with Crippen molar-refractivity contribution in [2.45, 2.75) is 13.3 Å². The van der Waals surface area contributed by atoms with Crippen LogP contribution in [-0.2, 0) is 0 Å². The average molecular weight is 273 g/mol. The van der Waals surface area contributed by atoms with E-state index in [2.05, 4.69) is 5.32 Å². The van der Waals surface area contributed by atoms with Crippen LogP contribution in [0.2, 0.25) is 5.02 Å². The van der Waals surface area contributed by atoms with Crippen LogP contribution < -0.4 is 16.0 Å². The van der Waals surface area contributed by atoms with Crippen molar-refractivity contribution in [2.24, 2.45) is 5.73 Å². The van der Waals surface area contributed by atoms with Crippen molar-refractivity contribution in [3.05, 3.63) is 29.0 Å². The number of rotatable bonds is 3. The first-order valence-electron chi connectivity index (χ1n) is 5.33. The van der Waals surface area contributed by atoms with Crippen LogP contribution in [0.3, 0.4) is 0 Å². The SMILES string of the molecule is CCCN(C(=O)NC(=N)N)c1ccc(Cl)cc1F. The molecule has 0 atom stereocenters. The predicted octanol–water partition coefficient (Wildman–Crippen LogP) is 2.30. The van der Waals surface area contributed by atoms with E-state index < -0.39 is 17.8 Å². The number of anilines is 1. The van der Waals surface area contributed by atoms with E-state index in [1.165, 1.54) is 17.0 Å². The predicted molar refractivity (Wildman–Crippen MR) is 69.5 cm³/mol. The molecule has 0 saturated carbocycles. The molecule has 18 heavy (non-hydrogen) atoms. The van der Waals surface area contributed by atoms with Crippen molar-refractivity contribution in [3.63, 3.8) is 0 Å². The second-order valence-corrected chi connectivity index (χ2v) is 4.03. The Bertz CT molecular complexity index is 466. The number of nitrogens with one attached hydrogen (secondary N) is 2. The number of hydrogen-bond donors (Lipinski definition) is 3. The summed E-state index contributed by atoms with van der Waals surface area (Å²) in [7, 11) is 0. The van der Waals surface area contributed by atoms with Gasteiger partial charge in [-0.25, -0.2) is 9.18 Å². The lowest BCUT2D eigenvalue weighted by Crippen LogP contribution is -2.46. The van der Waals surface area contributed by atoms with Gasteiger partial charge in [0, 0.05) is 11.6 Å². The van der Waals surface area contributed by atoms with E-state index in [9.17, 15) is 9.18 Å². The topological polar surface area (TPSA) is 82.2 Å². The maximum absolute atomic E-state index is 13.7. The number of urea groups is 1. The van der Waals surface area contributed by atoms with Crippen molar-refractivity contribution in [3.8, 4) is 0 Å². The molecule has 98 valence electrons. The Kier molecular flexibility index (Phi) is 4.91. The molecule has 0 aliphatic carbocycles. The van der Waals surface area contributed by atoms with Gasteiger partial charge in [0.05, 0.1) is 5.69 Å². The summed E-state index contributed by atoms with van der Waals surface area (Å²) < 4.78 is 13.7. The standard InChI is InChI=1S/C11H14ClFN4O/c1-2-5-17(11(18)16-10(14)15)9-4-3-7(12)6-8(9)13/h3-4,6H,2,5H2,1H3,(H4,14,15,16,18). The summed E-state index contributed by atoms with van der Waals surface area (Å²) in [5.41, 5.74) is 5.17. The smallest absolute Gasteiger partial charge is 0.328 e. The highest BCUT2D eigenvalue weighted by Gasteiger charge is 2.18. The Morgan fingerprint density at radius 1 is 1.61 bits per heavy atom. The largest absolute Gasteiger partial charge is 0.370 e. The molecule has 1 aromatic rings. The van der Waals surface area contributed by atoms with Crippen molar-refractivity contribution >= 4 is 29.3 Å². The number of nitrogens with two attached hydrogens (primary N) is 1. The maximum atomic E-state index is 13.7. The lowest BCUT2D eigenvalue weighted by atomic mass is 10.2. The third kappa shape index (κ3) is 3.59. The minimum Gasteiger partial charge on any atom is -0.370 e. The van der Waals surface area contributed by atoms with Gasteiger partial charge in [0.2, 0.25) is 0 Å². The van der Waals surface area contributed by atoms with Crippen LogP contribution in [0.4, 0.5) is 14.9 Å². The van der Waals surface area contributed by atoms with Gasteiger partial charge in [0.1, 0.15) is 5.82 Å². The molecular weight excluding hydrogens is 259 g/mol. The highest BCUT2D eigenvalue weighted by atomic mass is 35.5. The Morgan fingerprint density at radius 3 is 2.78 bits per heavy atom. The zero-order valence-electron chi connectivity index (χ0n) is 9.84. The lowest BCUT2D eigenvalue weighted by Gasteiger charge is -2.22. The van der Waals surface area contributed by atoms with Gasteiger partial charge in [-0.15, -0.1) is 0 Å². The minimum atomic E-state index is -0.648. The van der Waals surface area contributed by atoms with Crippen molar-refractivity contribution in [1.82, 2.24) is 5.32 Å². The Labute approximate surface area is 109 Å². The molecule has 0 heterocycles. The molecular formula is C11H14ClFN4O. The molecule has 4 N–H and O–H groups in total. The summed E-state index contributed by atoms with van der Waals surface area (Å²) in [6, 6.07) is 3.38. The summed E-state index contributed by atoms with van der Waals surface area (Å²) in [5.74, 6) is -1.09. The van der Waals surface area contributed by atoms with Crippen LogP contribution in [-0.4, -0.2) is 18.5 Å². The Morgan fingerprint density at radius 2 is 2.28 bits per heavy atom. The van der Waals surface area contributed by atoms with Crippen molar-refractivity contribution < 1.29 is 9.18 Å². The van der Waals surface area contributed by atoms with Crippen molar-refractivity contribution in [1.29, 1.82) is 5.41 Å². The Balaban J connectivity index is 3.03. The van der Waals surface area contributed by atoms with Crippen LogP contribution in [0.5, 0.6) is 0 Å². The first kappa shape index (κ1) is 14.2. The molecule has 7 heteroatoms. The second kappa shape index (κ2) is 6.20. The molecule has 0 spiro atoms. The number of amides is 2. The van der Waals surface area contributed by atoms with Crippen LogP contribution >= 0.6 is 11.6 Å². The first-order valence-corrected chi connectivity index (χ1v) is 5.71. The van der Waals surface area contributed by atoms with Gasteiger partial charge >= 0.3 is 6.03 Å². The molecule has 0 unspecified atom stereocenters. The fourth-order valence-corrected chi connectivity index (χ4v) is 1.60. The third-order valence-electron chi connectivity index (χ3n) is 2.13. The van der Waals surface area contributed by atoms with E-state index in [0.29, 0.717) is 13.0 Å². The van der Waals surface area contributed by atoms with Crippen LogP contribution in [0.15, 0.2) is 18.2 Å². The molecule has 0 aromatic heterocycles. The van der Waals surface area contributed by atoms with Crippen LogP contribution in [0, 0.1) is 11.2 Å². The fraction of sp³-hybridized carbons (Fsp3) is 0.273. The summed E-state index contributed by atoms with van der Waals surface area (Å²) in [5, 5.41) is 9.37. The quantitative estimate of drug-likeness (QED) is 0.583. The van der Waals surface area contributed by atoms with E-state index in [1.807, 2.05) is 6.92 Å². The van der Waals surface area contributed by atoms with E-state index >= 15 is 0 Å². The maximum Gasteiger partial charge on any atom is 0.328 e. The van der Waals surface area contributed by atoms with Gasteiger partial charge in [-0.05, 0) is 24.6 Å². The number of benzene rings is 1. The molecule has 0 fully saturated rings. The number of carbonyl (C=O) groups excluding carboxylic acids is 1. The molecule has 1 rings (SSSR count). The van der Waals surface area contributed by atoms with Gasteiger partial charge in [-0.2, -0.15) is 0 Å². The minimum absolute atomic E-state index is 0.0972. The molecule has 0 aliphatic rings. The molecule has 0 saturated heterocycles. The van der Waals surface area contributed by atoms with Crippen LogP contribution in [0.1, 0.15) is 13.3 Å². The molecule has 1 aromatic carbocycles. The highest BCUT2D eigenvalue weighted by molar-refractivity contribution is 6.30. The van der Waals surface area contributed by atoms with Gasteiger partial charge in [-0.3, -0.25) is 15.6 Å². The number of carbonyl (C=O) groups is 1. The summed E-state index contributed by atoms with van der Waals surface area (Å²) >= 11 is 5.65. The van der Waals surface area contributed by atoms with Crippen LogP contribution in [0.25, 0.3) is 0 Å². The summed E-state index contributed by atoms with van der Waals surface area (Å²) in [6.45, 7) is 2.15. The average Bonchev–Trinajstić information content (AvgIpc) is 2.25. The van der Waals surface area contributed by atoms with Crippen molar-refractivity contribution in [2.75, 3.05) is 11.4 Å². The van der Waals surface area contributed by atoms with Gasteiger partial charge in [0.15, 0.2) is 5.96 Å². The number of hydrogen-bond acceptors (Lipinski definition) is 2. The molecule has 5 nitrogen and oxygen atoms in total. The monoisotopic (exact) mass is 272 g/mol. The summed E-state index contributed by atoms with van der Waals surface area (Å²) in [6.07, 6.45) is 0.632. The number of halogens is 2. The fourth-order valence-electron chi connectivity index (χ4n) is 1.44. The van der Waals surface area contributed by atoms with Gasteiger partial charge in [-0.1, -0.05) is 18.5 Å². The second-order valence-electron chi connectivity index (χ2n) is 3.59. The highest BCUT2D eigenvalue weighted by Crippen LogP contribution is 2.23. The first-order chi connectivity index (χ1) is 8.45. The zero-order valence-corrected chi connectivity index (χ0v) is 10.6. The summed E-state index contributed by atoms with van der Waals surface area (Å²) in [4.78, 5) is 12.9.